The molecule has 1 aromatic rings. The lowest BCUT2D eigenvalue weighted by molar-refractivity contribution is 0.282. The van der Waals surface area contributed by atoms with Crippen molar-refractivity contribution in [2.45, 2.75) is 26.0 Å². The smallest absolute Gasteiger partial charge is 0.129 e. The lowest BCUT2D eigenvalue weighted by Gasteiger charge is -2.29. The monoisotopic (exact) mass is 269 g/mol. The zero-order valence-corrected chi connectivity index (χ0v) is 11.7. The number of aromatic nitrogens is 1. The molecule has 0 bridgehead atoms. The second-order valence-corrected chi connectivity index (χ2v) is 5.36. The first kappa shape index (κ1) is 13.6. The summed E-state index contributed by atoms with van der Waals surface area (Å²) in [6.07, 6.45) is 2.75. The van der Waals surface area contributed by atoms with E-state index in [1.165, 1.54) is 0 Å². The van der Waals surface area contributed by atoms with Gasteiger partial charge in [-0.2, -0.15) is 0 Å². The van der Waals surface area contributed by atoms with Crippen molar-refractivity contribution in [2.24, 2.45) is 0 Å². The van der Waals surface area contributed by atoms with Crippen molar-refractivity contribution < 1.29 is 5.11 Å². The minimum absolute atomic E-state index is 0.0452. The van der Waals surface area contributed by atoms with Crippen LogP contribution in [0, 0.1) is 0 Å². The van der Waals surface area contributed by atoms with Gasteiger partial charge in [-0.1, -0.05) is 11.6 Å². The summed E-state index contributed by atoms with van der Waals surface area (Å²) in [5, 5.41) is 9.79. The maximum absolute atomic E-state index is 9.27. The highest BCUT2D eigenvalue weighted by Crippen LogP contribution is 2.23. The molecule has 0 aromatic carbocycles. The quantitative estimate of drug-likeness (QED) is 0.888. The third kappa shape index (κ3) is 2.94. The van der Waals surface area contributed by atoms with Crippen molar-refractivity contribution >= 4 is 17.4 Å². The van der Waals surface area contributed by atoms with Crippen LogP contribution in [-0.2, 0) is 6.61 Å². The molecule has 1 aromatic heterocycles. The maximum Gasteiger partial charge on any atom is 0.129 e. The molecule has 1 saturated heterocycles. The number of pyridine rings is 1. The second-order valence-electron chi connectivity index (χ2n) is 4.95. The molecule has 1 unspecified atom stereocenters. The minimum Gasteiger partial charge on any atom is -0.392 e. The molecule has 1 fully saturated rings. The van der Waals surface area contributed by atoms with E-state index in [4.69, 9.17) is 11.6 Å². The Morgan fingerprint density at radius 2 is 2.28 bits per heavy atom. The Morgan fingerprint density at radius 1 is 1.50 bits per heavy atom. The van der Waals surface area contributed by atoms with Crippen LogP contribution in [0.4, 0.5) is 5.82 Å². The van der Waals surface area contributed by atoms with Crippen LogP contribution < -0.4 is 4.90 Å². The molecule has 0 amide bonds. The highest BCUT2D eigenvalue weighted by molar-refractivity contribution is 6.31. The van der Waals surface area contributed by atoms with Gasteiger partial charge in [0.15, 0.2) is 0 Å². The number of hydrogen-bond donors (Lipinski definition) is 1. The van der Waals surface area contributed by atoms with Crippen LogP contribution in [0.5, 0.6) is 0 Å². The molecule has 0 saturated carbocycles. The van der Waals surface area contributed by atoms with E-state index in [1.54, 1.807) is 6.20 Å². The van der Waals surface area contributed by atoms with Crippen LogP contribution in [0.2, 0.25) is 5.02 Å². The summed E-state index contributed by atoms with van der Waals surface area (Å²) in [6, 6.07) is 2.31. The summed E-state index contributed by atoms with van der Waals surface area (Å²) in [7, 11) is 2.15. The molecule has 2 rings (SSSR count). The average Bonchev–Trinajstić information content (AvgIpc) is 2.51. The van der Waals surface area contributed by atoms with Gasteiger partial charge in [0.25, 0.3) is 0 Å². The summed E-state index contributed by atoms with van der Waals surface area (Å²) >= 11 is 5.98. The fourth-order valence-corrected chi connectivity index (χ4v) is 2.62. The molecule has 0 spiro atoms. The van der Waals surface area contributed by atoms with E-state index in [9.17, 15) is 5.11 Å². The summed E-state index contributed by atoms with van der Waals surface area (Å²) in [5.41, 5.74) is 0.742. The molecule has 0 aliphatic carbocycles. The Morgan fingerprint density at radius 3 is 3.00 bits per heavy atom. The number of rotatable bonds is 2. The fraction of sp³-hybridized carbons (Fsp3) is 0.615. The summed E-state index contributed by atoms with van der Waals surface area (Å²) < 4.78 is 0. The Balaban J connectivity index is 2.24. The summed E-state index contributed by atoms with van der Waals surface area (Å²) in [5.74, 6) is 0.909. The van der Waals surface area contributed by atoms with E-state index < -0.39 is 0 Å². The van der Waals surface area contributed by atoms with E-state index in [1.807, 2.05) is 6.07 Å². The molecule has 4 nitrogen and oxygen atoms in total. The van der Waals surface area contributed by atoms with Crippen LogP contribution >= 0.6 is 11.6 Å². The molecular formula is C13H20ClN3O. The minimum atomic E-state index is -0.0452. The van der Waals surface area contributed by atoms with E-state index in [-0.39, 0.29) is 6.61 Å². The Hall–Kier alpha value is -0.840. The molecule has 1 atom stereocenters. The Labute approximate surface area is 113 Å². The van der Waals surface area contributed by atoms with Crippen LogP contribution in [0.15, 0.2) is 12.3 Å². The Kier molecular flexibility index (Phi) is 4.43. The molecule has 5 heteroatoms. The standard InChI is InChI=1S/C13H20ClN3O/c1-10-8-16(2)4-3-5-17(10)13-6-11(9-18)12(14)7-15-13/h6-7,10,18H,3-5,8-9H2,1-2H3. The average molecular weight is 270 g/mol. The van der Waals surface area contributed by atoms with Gasteiger partial charge in [0, 0.05) is 30.9 Å². The van der Waals surface area contributed by atoms with Gasteiger partial charge in [0.1, 0.15) is 5.82 Å². The van der Waals surface area contributed by atoms with Crippen LogP contribution in [-0.4, -0.2) is 47.7 Å². The van der Waals surface area contributed by atoms with Gasteiger partial charge in [0.05, 0.1) is 11.6 Å². The number of aliphatic hydroxyl groups is 1. The highest BCUT2D eigenvalue weighted by atomic mass is 35.5. The van der Waals surface area contributed by atoms with Gasteiger partial charge in [-0.05, 0) is 33.0 Å². The van der Waals surface area contributed by atoms with E-state index >= 15 is 0 Å². The van der Waals surface area contributed by atoms with Gasteiger partial charge in [-0.3, -0.25) is 0 Å². The van der Waals surface area contributed by atoms with Gasteiger partial charge in [-0.25, -0.2) is 4.98 Å². The second kappa shape index (κ2) is 5.87. The Bertz CT molecular complexity index is 413. The third-order valence-corrected chi connectivity index (χ3v) is 3.77. The molecule has 100 valence electrons. The molecule has 1 N–H and O–H groups in total. The zero-order valence-electron chi connectivity index (χ0n) is 10.9. The molecular weight excluding hydrogens is 250 g/mol. The first-order valence-electron chi connectivity index (χ1n) is 6.32. The van der Waals surface area contributed by atoms with Crippen LogP contribution in [0.25, 0.3) is 0 Å². The van der Waals surface area contributed by atoms with Gasteiger partial charge in [0.2, 0.25) is 0 Å². The zero-order chi connectivity index (χ0) is 13.1. The van der Waals surface area contributed by atoms with Crippen molar-refractivity contribution in [1.29, 1.82) is 0 Å². The van der Waals surface area contributed by atoms with Crippen molar-refractivity contribution in [3.8, 4) is 0 Å². The molecule has 0 radical (unpaired) electrons. The van der Waals surface area contributed by atoms with E-state index in [0.717, 1.165) is 37.4 Å². The number of halogens is 1. The molecule has 2 heterocycles. The third-order valence-electron chi connectivity index (χ3n) is 3.43. The number of hydrogen-bond acceptors (Lipinski definition) is 4. The highest BCUT2D eigenvalue weighted by Gasteiger charge is 2.21. The first-order valence-corrected chi connectivity index (χ1v) is 6.70. The fourth-order valence-electron chi connectivity index (χ4n) is 2.46. The largest absolute Gasteiger partial charge is 0.392 e. The maximum atomic E-state index is 9.27. The predicted molar refractivity (Wildman–Crippen MR) is 74.1 cm³/mol. The molecule has 18 heavy (non-hydrogen) atoms. The number of anilines is 1. The van der Waals surface area contributed by atoms with Gasteiger partial charge < -0.3 is 14.9 Å². The normalized spacial score (nSPS) is 22.0. The lowest BCUT2D eigenvalue weighted by Crippen LogP contribution is -2.38. The predicted octanol–water partition coefficient (Wildman–Crippen LogP) is 1.76. The summed E-state index contributed by atoms with van der Waals surface area (Å²) in [6.45, 7) is 5.29. The topological polar surface area (TPSA) is 39.6 Å². The van der Waals surface area contributed by atoms with Crippen LogP contribution in [0.1, 0.15) is 18.9 Å². The van der Waals surface area contributed by atoms with Crippen LogP contribution in [0.3, 0.4) is 0 Å². The number of aliphatic hydroxyl groups excluding tert-OH is 1. The van der Waals surface area contributed by atoms with Crippen molar-refractivity contribution in [2.75, 3.05) is 31.6 Å². The number of nitrogens with zero attached hydrogens (tertiary/aromatic N) is 3. The van der Waals surface area contributed by atoms with Crippen molar-refractivity contribution in [3.63, 3.8) is 0 Å². The van der Waals surface area contributed by atoms with Gasteiger partial charge in [-0.15, -0.1) is 0 Å². The van der Waals surface area contributed by atoms with Gasteiger partial charge >= 0.3 is 0 Å². The molecule has 1 aliphatic rings. The van der Waals surface area contributed by atoms with Crippen molar-refractivity contribution in [3.05, 3.63) is 22.8 Å². The van der Waals surface area contributed by atoms with Crippen molar-refractivity contribution in [1.82, 2.24) is 9.88 Å². The summed E-state index contributed by atoms with van der Waals surface area (Å²) in [4.78, 5) is 9.02. The number of likely N-dealkylation sites (N-methyl/N-ethyl adjacent to an activating group) is 1. The molecule has 1 aliphatic heterocycles. The SMILES string of the molecule is CC1CN(C)CCCN1c1cc(CO)c(Cl)cn1. The first-order chi connectivity index (χ1) is 8.61. The lowest BCUT2D eigenvalue weighted by atomic mass is 10.2. The van der Waals surface area contributed by atoms with E-state index in [0.29, 0.717) is 11.1 Å². The van der Waals surface area contributed by atoms with E-state index in [2.05, 4.69) is 28.8 Å².